The Morgan fingerprint density at radius 2 is 1.19 bits per heavy atom. The van der Waals surface area contributed by atoms with Crippen LogP contribution in [0, 0.1) is 18.6 Å². The number of nitrogens with one attached hydrogen (secondary N) is 2. The molecule has 0 aliphatic heterocycles. The second-order valence-corrected chi connectivity index (χ2v) is 6.78. The second kappa shape index (κ2) is 10.1. The first-order valence-corrected chi connectivity index (χ1v) is 9.49. The van der Waals surface area contributed by atoms with Gasteiger partial charge in [-0.05, 0) is 72.2 Å². The number of benzene rings is 3. The van der Waals surface area contributed by atoms with Crippen LogP contribution in [0.5, 0.6) is 0 Å². The van der Waals surface area contributed by atoms with E-state index in [0.717, 1.165) is 5.56 Å². The first-order chi connectivity index (χ1) is 14.9. The zero-order valence-corrected chi connectivity index (χ0v) is 16.7. The lowest BCUT2D eigenvalue weighted by Crippen LogP contribution is -2.11. The maximum absolute atomic E-state index is 12.9. The van der Waals surface area contributed by atoms with Crippen molar-refractivity contribution >= 4 is 35.3 Å². The Morgan fingerprint density at radius 1 is 0.710 bits per heavy atom. The molecular formula is C25H20F2N2O2. The smallest absolute Gasteiger partial charge is 0.248 e. The van der Waals surface area contributed by atoms with Gasteiger partial charge in [0.2, 0.25) is 11.8 Å². The fourth-order valence-electron chi connectivity index (χ4n) is 2.68. The monoisotopic (exact) mass is 418 g/mol. The lowest BCUT2D eigenvalue weighted by Gasteiger charge is -2.10. The van der Waals surface area contributed by atoms with Crippen molar-refractivity contribution in [3.63, 3.8) is 0 Å². The third kappa shape index (κ3) is 6.75. The molecule has 0 aromatic heterocycles. The van der Waals surface area contributed by atoms with Crippen LogP contribution in [0.3, 0.4) is 0 Å². The SMILES string of the molecule is Cc1ccc(NC(=O)/C=C/c2ccc(F)cc2)cc1NC(=O)/C=C/c1ccc(F)cc1. The van der Waals surface area contributed by atoms with Gasteiger partial charge in [-0.25, -0.2) is 8.78 Å². The summed E-state index contributed by atoms with van der Waals surface area (Å²) < 4.78 is 25.9. The highest BCUT2D eigenvalue weighted by atomic mass is 19.1. The van der Waals surface area contributed by atoms with Crippen LogP contribution in [0.15, 0.2) is 78.9 Å². The summed E-state index contributed by atoms with van der Waals surface area (Å²) in [5.41, 5.74) is 3.28. The Kier molecular flexibility index (Phi) is 7.06. The van der Waals surface area contributed by atoms with Crippen molar-refractivity contribution in [1.29, 1.82) is 0 Å². The zero-order valence-electron chi connectivity index (χ0n) is 16.7. The van der Waals surface area contributed by atoms with E-state index in [1.165, 1.54) is 36.4 Å². The molecule has 0 bridgehead atoms. The molecule has 6 heteroatoms. The molecule has 0 heterocycles. The third-order valence-electron chi connectivity index (χ3n) is 4.36. The predicted octanol–water partition coefficient (Wildman–Crippen LogP) is 5.58. The number of hydrogen-bond donors (Lipinski definition) is 2. The molecule has 2 amide bonds. The summed E-state index contributed by atoms with van der Waals surface area (Å²) >= 11 is 0. The van der Waals surface area contributed by atoms with Crippen molar-refractivity contribution in [2.24, 2.45) is 0 Å². The number of aryl methyl sites for hydroxylation is 1. The van der Waals surface area contributed by atoms with Crippen LogP contribution in [0.25, 0.3) is 12.2 Å². The largest absolute Gasteiger partial charge is 0.322 e. The number of amides is 2. The average Bonchev–Trinajstić information content (AvgIpc) is 2.75. The van der Waals surface area contributed by atoms with E-state index < -0.39 is 0 Å². The van der Waals surface area contributed by atoms with Crippen molar-refractivity contribution in [3.8, 4) is 0 Å². The van der Waals surface area contributed by atoms with E-state index in [1.807, 2.05) is 6.92 Å². The summed E-state index contributed by atoms with van der Waals surface area (Å²) in [6.07, 6.45) is 5.85. The van der Waals surface area contributed by atoms with Gasteiger partial charge in [0.1, 0.15) is 11.6 Å². The molecule has 0 aliphatic rings. The fraction of sp³-hybridized carbons (Fsp3) is 0.0400. The van der Waals surface area contributed by atoms with E-state index in [-0.39, 0.29) is 23.4 Å². The molecule has 0 fully saturated rings. The molecule has 0 aliphatic carbocycles. The van der Waals surface area contributed by atoms with Crippen molar-refractivity contribution in [1.82, 2.24) is 0 Å². The molecule has 156 valence electrons. The standard InChI is InChI=1S/C25H20F2N2O2/c1-17-2-13-22(28-24(30)14-7-18-3-9-20(26)10-4-18)16-23(17)29-25(31)15-8-19-5-11-21(27)12-6-19/h2-16H,1H3,(H,28,30)(H,29,31)/b14-7+,15-8+. The van der Waals surface area contributed by atoms with E-state index in [1.54, 1.807) is 54.6 Å². The predicted molar refractivity (Wildman–Crippen MR) is 119 cm³/mol. The number of anilines is 2. The van der Waals surface area contributed by atoms with E-state index in [0.29, 0.717) is 22.5 Å². The molecule has 0 radical (unpaired) electrons. The summed E-state index contributed by atoms with van der Waals surface area (Å²) in [5, 5.41) is 5.49. The maximum Gasteiger partial charge on any atom is 0.248 e. The van der Waals surface area contributed by atoms with Crippen molar-refractivity contribution in [2.45, 2.75) is 6.92 Å². The number of carbonyl (C=O) groups is 2. The normalized spacial score (nSPS) is 11.1. The molecule has 0 saturated heterocycles. The zero-order chi connectivity index (χ0) is 22.2. The molecule has 3 aromatic carbocycles. The van der Waals surface area contributed by atoms with E-state index in [9.17, 15) is 18.4 Å². The van der Waals surface area contributed by atoms with Gasteiger partial charge in [0, 0.05) is 23.5 Å². The van der Waals surface area contributed by atoms with Crippen LogP contribution in [-0.4, -0.2) is 11.8 Å². The lowest BCUT2D eigenvalue weighted by atomic mass is 10.1. The Labute approximate surface area is 178 Å². The molecule has 0 atom stereocenters. The van der Waals surface area contributed by atoms with Crippen LogP contribution in [0.2, 0.25) is 0 Å². The average molecular weight is 418 g/mol. The van der Waals surface area contributed by atoms with Crippen LogP contribution in [-0.2, 0) is 9.59 Å². The number of hydrogen-bond acceptors (Lipinski definition) is 2. The minimum Gasteiger partial charge on any atom is -0.322 e. The van der Waals surface area contributed by atoms with Crippen molar-refractivity contribution < 1.29 is 18.4 Å². The van der Waals surface area contributed by atoms with Gasteiger partial charge in [-0.1, -0.05) is 30.3 Å². The fourth-order valence-corrected chi connectivity index (χ4v) is 2.68. The van der Waals surface area contributed by atoms with Crippen LogP contribution in [0.4, 0.5) is 20.2 Å². The van der Waals surface area contributed by atoms with Gasteiger partial charge in [0.05, 0.1) is 0 Å². The van der Waals surface area contributed by atoms with Gasteiger partial charge < -0.3 is 10.6 Å². The van der Waals surface area contributed by atoms with Crippen LogP contribution >= 0.6 is 0 Å². The molecule has 0 spiro atoms. The summed E-state index contributed by atoms with van der Waals surface area (Å²) in [6, 6.07) is 16.7. The van der Waals surface area contributed by atoms with E-state index in [4.69, 9.17) is 0 Å². The Hall–Kier alpha value is -4.06. The number of halogens is 2. The lowest BCUT2D eigenvalue weighted by molar-refractivity contribution is -0.112. The molecule has 3 aromatic rings. The highest BCUT2D eigenvalue weighted by Crippen LogP contribution is 2.20. The van der Waals surface area contributed by atoms with Gasteiger partial charge in [0.15, 0.2) is 0 Å². The first kappa shape index (κ1) is 21.6. The second-order valence-electron chi connectivity index (χ2n) is 6.78. The highest BCUT2D eigenvalue weighted by Gasteiger charge is 2.05. The van der Waals surface area contributed by atoms with Gasteiger partial charge in [-0.15, -0.1) is 0 Å². The van der Waals surface area contributed by atoms with Crippen LogP contribution < -0.4 is 10.6 Å². The summed E-state index contributed by atoms with van der Waals surface area (Å²) in [7, 11) is 0. The maximum atomic E-state index is 12.9. The number of carbonyl (C=O) groups excluding carboxylic acids is 2. The highest BCUT2D eigenvalue weighted by molar-refractivity contribution is 6.04. The Morgan fingerprint density at radius 3 is 1.71 bits per heavy atom. The molecule has 3 rings (SSSR count). The van der Waals surface area contributed by atoms with Gasteiger partial charge in [-0.3, -0.25) is 9.59 Å². The number of rotatable bonds is 6. The van der Waals surface area contributed by atoms with Crippen molar-refractivity contribution in [3.05, 3.63) is 107 Å². The summed E-state index contributed by atoms with van der Waals surface area (Å²) in [6.45, 7) is 1.83. The minimum absolute atomic E-state index is 0.344. The molecular weight excluding hydrogens is 398 g/mol. The minimum atomic E-state index is -0.360. The summed E-state index contributed by atoms with van der Waals surface area (Å²) in [5.74, 6) is -1.40. The van der Waals surface area contributed by atoms with Crippen LogP contribution in [0.1, 0.15) is 16.7 Å². The van der Waals surface area contributed by atoms with Crippen molar-refractivity contribution in [2.75, 3.05) is 10.6 Å². The molecule has 0 unspecified atom stereocenters. The third-order valence-corrected chi connectivity index (χ3v) is 4.36. The topological polar surface area (TPSA) is 58.2 Å². The first-order valence-electron chi connectivity index (χ1n) is 9.49. The summed E-state index contributed by atoms with van der Waals surface area (Å²) in [4.78, 5) is 24.4. The Balaban J connectivity index is 1.62. The van der Waals surface area contributed by atoms with Gasteiger partial charge in [-0.2, -0.15) is 0 Å². The molecule has 31 heavy (non-hydrogen) atoms. The molecule has 2 N–H and O–H groups in total. The molecule has 0 saturated carbocycles. The molecule has 4 nitrogen and oxygen atoms in total. The van der Waals surface area contributed by atoms with E-state index in [2.05, 4.69) is 10.6 Å². The van der Waals surface area contributed by atoms with Gasteiger partial charge in [0.25, 0.3) is 0 Å². The van der Waals surface area contributed by atoms with E-state index >= 15 is 0 Å². The quantitative estimate of drug-likeness (QED) is 0.514. The Bertz CT molecular complexity index is 1140. The van der Waals surface area contributed by atoms with Gasteiger partial charge >= 0.3 is 0 Å².